The van der Waals surface area contributed by atoms with Gasteiger partial charge in [0.05, 0.1) is 0 Å². The lowest BCUT2D eigenvalue weighted by molar-refractivity contribution is -0.123. The van der Waals surface area contributed by atoms with Crippen molar-refractivity contribution in [2.24, 2.45) is 0 Å². The third-order valence-corrected chi connectivity index (χ3v) is 1.08. The summed E-state index contributed by atoms with van der Waals surface area (Å²) in [6, 6.07) is 0. The van der Waals surface area contributed by atoms with Crippen LogP contribution in [0, 0.1) is 0 Å². The molecular weight excluding hydrogens is 142 g/mol. The van der Waals surface area contributed by atoms with Crippen molar-refractivity contribution in [3.63, 3.8) is 0 Å². The molecule has 0 aromatic carbocycles. The zero-order chi connectivity index (χ0) is 8.69. The van der Waals surface area contributed by atoms with Crippen molar-refractivity contribution in [2.45, 2.75) is 13.8 Å². The number of allylic oxidation sites excluding steroid dienone is 3. The molecule has 0 rings (SSSR count). The second-order valence-corrected chi connectivity index (χ2v) is 1.95. The SMILES string of the molecule is CC=CC(=CC)NC(=O)CO. The number of carbonyl (C=O) groups excluding carboxylic acids is 1. The minimum atomic E-state index is -0.477. The van der Waals surface area contributed by atoms with Crippen molar-refractivity contribution in [2.75, 3.05) is 6.61 Å². The molecule has 0 fully saturated rings. The number of hydrogen-bond donors (Lipinski definition) is 2. The van der Waals surface area contributed by atoms with Crippen molar-refractivity contribution in [3.05, 3.63) is 23.9 Å². The Bertz CT molecular complexity index is 183. The summed E-state index contributed by atoms with van der Waals surface area (Å²) in [5.41, 5.74) is 0.701. The van der Waals surface area contributed by atoms with Gasteiger partial charge in [0.1, 0.15) is 6.61 Å². The van der Waals surface area contributed by atoms with E-state index in [2.05, 4.69) is 5.32 Å². The molecule has 1 amide bonds. The fraction of sp³-hybridized carbons (Fsp3) is 0.375. The van der Waals surface area contributed by atoms with Gasteiger partial charge in [0.15, 0.2) is 0 Å². The molecule has 0 saturated carbocycles. The molecule has 2 N–H and O–H groups in total. The molecule has 11 heavy (non-hydrogen) atoms. The maximum atomic E-state index is 10.6. The number of aliphatic hydroxyl groups is 1. The Morgan fingerprint density at radius 1 is 1.55 bits per heavy atom. The normalized spacial score (nSPS) is 12.1. The van der Waals surface area contributed by atoms with E-state index in [4.69, 9.17) is 5.11 Å². The van der Waals surface area contributed by atoms with E-state index in [1.807, 2.05) is 19.9 Å². The van der Waals surface area contributed by atoms with E-state index in [-0.39, 0.29) is 0 Å². The van der Waals surface area contributed by atoms with Crippen LogP contribution in [0.3, 0.4) is 0 Å². The van der Waals surface area contributed by atoms with Gasteiger partial charge in [-0.05, 0) is 19.9 Å². The number of aliphatic hydroxyl groups excluding tert-OH is 1. The van der Waals surface area contributed by atoms with Gasteiger partial charge in [-0.15, -0.1) is 0 Å². The maximum absolute atomic E-state index is 10.6. The highest BCUT2D eigenvalue weighted by atomic mass is 16.3. The molecule has 0 unspecified atom stereocenters. The van der Waals surface area contributed by atoms with Crippen LogP contribution in [-0.4, -0.2) is 17.6 Å². The molecular formula is C8H13NO2. The summed E-state index contributed by atoms with van der Waals surface area (Å²) in [4.78, 5) is 10.6. The smallest absolute Gasteiger partial charge is 0.250 e. The molecule has 62 valence electrons. The van der Waals surface area contributed by atoms with Crippen LogP contribution in [0.1, 0.15) is 13.8 Å². The summed E-state index contributed by atoms with van der Waals surface area (Å²) in [5.74, 6) is -0.392. The van der Waals surface area contributed by atoms with Gasteiger partial charge >= 0.3 is 0 Å². The second-order valence-electron chi connectivity index (χ2n) is 1.95. The van der Waals surface area contributed by atoms with Crippen molar-refractivity contribution in [1.29, 1.82) is 0 Å². The van der Waals surface area contributed by atoms with Gasteiger partial charge in [0.2, 0.25) is 5.91 Å². The lowest BCUT2D eigenvalue weighted by atomic mass is 10.3. The van der Waals surface area contributed by atoms with E-state index in [1.165, 1.54) is 0 Å². The number of hydrogen-bond acceptors (Lipinski definition) is 2. The van der Waals surface area contributed by atoms with Crippen LogP contribution in [0.2, 0.25) is 0 Å². The van der Waals surface area contributed by atoms with Gasteiger partial charge in [-0.1, -0.05) is 12.2 Å². The Hall–Kier alpha value is -1.09. The molecule has 0 bridgehead atoms. The molecule has 0 aromatic rings. The topological polar surface area (TPSA) is 49.3 Å². The largest absolute Gasteiger partial charge is 0.387 e. The monoisotopic (exact) mass is 155 g/mol. The van der Waals surface area contributed by atoms with Crippen LogP contribution in [0.5, 0.6) is 0 Å². The molecule has 0 aromatic heterocycles. The Kier molecular flexibility index (Phi) is 5.11. The summed E-state index contributed by atoms with van der Waals surface area (Å²) in [7, 11) is 0. The average molecular weight is 155 g/mol. The predicted molar refractivity (Wildman–Crippen MR) is 43.8 cm³/mol. The standard InChI is InChI=1S/C8H13NO2/c1-3-5-7(4-2)9-8(11)6-10/h3-5,10H,6H2,1-2H3,(H,9,11). The van der Waals surface area contributed by atoms with E-state index >= 15 is 0 Å². The molecule has 0 spiro atoms. The third kappa shape index (κ3) is 4.33. The van der Waals surface area contributed by atoms with Crippen LogP contribution >= 0.6 is 0 Å². The van der Waals surface area contributed by atoms with Gasteiger partial charge in [-0.25, -0.2) is 0 Å². The quantitative estimate of drug-likeness (QED) is 0.585. The van der Waals surface area contributed by atoms with Crippen LogP contribution in [0.15, 0.2) is 23.9 Å². The van der Waals surface area contributed by atoms with Gasteiger partial charge in [-0.3, -0.25) is 4.79 Å². The van der Waals surface area contributed by atoms with Crippen LogP contribution in [0.25, 0.3) is 0 Å². The molecule has 0 aliphatic heterocycles. The van der Waals surface area contributed by atoms with Gasteiger partial charge < -0.3 is 10.4 Å². The molecule has 0 saturated heterocycles. The summed E-state index contributed by atoms with van der Waals surface area (Å²) in [6.45, 7) is 3.19. The number of nitrogens with one attached hydrogen (secondary N) is 1. The summed E-state index contributed by atoms with van der Waals surface area (Å²) < 4.78 is 0. The van der Waals surface area contributed by atoms with Gasteiger partial charge in [-0.2, -0.15) is 0 Å². The number of amides is 1. The van der Waals surface area contributed by atoms with Crippen molar-refractivity contribution in [3.8, 4) is 0 Å². The van der Waals surface area contributed by atoms with Crippen LogP contribution < -0.4 is 5.32 Å². The highest BCUT2D eigenvalue weighted by Crippen LogP contribution is 1.90. The first-order valence-electron chi connectivity index (χ1n) is 3.44. The van der Waals surface area contributed by atoms with Crippen molar-refractivity contribution in [1.82, 2.24) is 5.32 Å². The molecule has 0 aliphatic rings. The molecule has 3 heteroatoms. The van der Waals surface area contributed by atoms with Crippen molar-refractivity contribution < 1.29 is 9.90 Å². The minimum Gasteiger partial charge on any atom is -0.387 e. The van der Waals surface area contributed by atoms with E-state index < -0.39 is 12.5 Å². The maximum Gasteiger partial charge on any atom is 0.250 e. The number of rotatable bonds is 3. The van der Waals surface area contributed by atoms with E-state index in [9.17, 15) is 4.79 Å². The first kappa shape index (κ1) is 9.91. The zero-order valence-electron chi connectivity index (χ0n) is 6.79. The lowest BCUT2D eigenvalue weighted by Gasteiger charge is -2.01. The Morgan fingerprint density at radius 2 is 2.18 bits per heavy atom. The Balaban J connectivity index is 4.00. The summed E-state index contributed by atoms with van der Waals surface area (Å²) in [5, 5.41) is 10.9. The molecule has 0 atom stereocenters. The van der Waals surface area contributed by atoms with Crippen molar-refractivity contribution >= 4 is 5.91 Å². The zero-order valence-corrected chi connectivity index (χ0v) is 6.79. The average Bonchev–Trinajstić information content (AvgIpc) is 2.03. The van der Waals surface area contributed by atoms with Crippen LogP contribution in [0.4, 0.5) is 0 Å². The van der Waals surface area contributed by atoms with Gasteiger partial charge in [0.25, 0.3) is 0 Å². The third-order valence-electron chi connectivity index (χ3n) is 1.08. The first-order chi connectivity index (χ1) is 5.24. The molecule has 0 aliphatic carbocycles. The Labute approximate surface area is 66.4 Å². The fourth-order valence-corrected chi connectivity index (χ4v) is 0.590. The van der Waals surface area contributed by atoms with E-state index in [0.717, 1.165) is 0 Å². The van der Waals surface area contributed by atoms with Crippen LogP contribution in [-0.2, 0) is 4.79 Å². The lowest BCUT2D eigenvalue weighted by Crippen LogP contribution is -2.24. The molecule has 3 nitrogen and oxygen atoms in total. The highest BCUT2D eigenvalue weighted by Gasteiger charge is 1.97. The molecule has 0 radical (unpaired) electrons. The van der Waals surface area contributed by atoms with E-state index in [0.29, 0.717) is 5.70 Å². The summed E-state index contributed by atoms with van der Waals surface area (Å²) in [6.07, 6.45) is 5.33. The summed E-state index contributed by atoms with van der Waals surface area (Å²) >= 11 is 0. The second kappa shape index (κ2) is 5.68. The molecule has 0 heterocycles. The Morgan fingerprint density at radius 3 is 2.55 bits per heavy atom. The fourth-order valence-electron chi connectivity index (χ4n) is 0.590. The predicted octanol–water partition coefficient (Wildman–Crippen LogP) is 0.575. The minimum absolute atomic E-state index is 0.392. The van der Waals surface area contributed by atoms with Gasteiger partial charge in [0, 0.05) is 5.70 Å². The highest BCUT2D eigenvalue weighted by molar-refractivity contribution is 5.79. The number of carbonyl (C=O) groups is 1. The first-order valence-corrected chi connectivity index (χ1v) is 3.44. The van der Waals surface area contributed by atoms with E-state index in [1.54, 1.807) is 12.2 Å².